The number of hydrogen-bond donors (Lipinski definition) is 1. The molecule has 13 heavy (non-hydrogen) atoms. The molecular weight excluding hydrogens is 194 g/mol. The van der Waals surface area contributed by atoms with Crippen molar-refractivity contribution in [2.45, 2.75) is 26.3 Å². The van der Waals surface area contributed by atoms with Gasteiger partial charge in [0, 0.05) is 19.4 Å². The van der Waals surface area contributed by atoms with E-state index in [2.05, 4.69) is 15.5 Å². The zero-order chi connectivity index (χ0) is 9.84. The van der Waals surface area contributed by atoms with Crippen molar-refractivity contribution >= 4 is 17.5 Å². The van der Waals surface area contributed by atoms with Crippen molar-refractivity contribution in [3.63, 3.8) is 0 Å². The summed E-state index contributed by atoms with van der Waals surface area (Å²) in [5.74, 6) is 0.337. The van der Waals surface area contributed by atoms with Crippen molar-refractivity contribution in [1.82, 2.24) is 15.5 Å². The predicted molar refractivity (Wildman–Crippen MR) is 46.3 cm³/mol. The first-order valence-electron chi connectivity index (χ1n) is 3.83. The maximum atomic E-state index is 10.6. The number of nitrogens with one attached hydrogen (secondary N) is 1. The second-order valence-electron chi connectivity index (χ2n) is 2.75. The Labute approximate surface area is 80.5 Å². The van der Waals surface area contributed by atoms with Crippen LogP contribution in [0.4, 0.5) is 0 Å². The predicted octanol–water partition coefficient (Wildman–Crippen LogP) is 0.790. The van der Waals surface area contributed by atoms with Crippen molar-refractivity contribution in [2.24, 2.45) is 0 Å². The van der Waals surface area contributed by atoms with Gasteiger partial charge in [-0.15, -0.1) is 5.10 Å². The fourth-order valence-electron chi connectivity index (χ4n) is 0.976. The fraction of sp³-hybridized carbons (Fsp3) is 0.571. The first kappa shape index (κ1) is 9.98. The first-order chi connectivity index (χ1) is 6.08. The normalized spacial score (nSPS) is 12.5. The molecule has 1 rings (SSSR count). The number of carbonyl (C=O) groups is 1. The third-order valence-corrected chi connectivity index (χ3v) is 1.53. The number of carbonyl (C=O) groups excluding carboxylic acids is 1. The van der Waals surface area contributed by atoms with Gasteiger partial charge in [0.25, 0.3) is 0 Å². The minimum Gasteiger partial charge on any atom is -0.412 e. The summed E-state index contributed by atoms with van der Waals surface area (Å²) in [7, 11) is 0. The molecule has 0 aliphatic rings. The summed E-state index contributed by atoms with van der Waals surface area (Å²) in [6.45, 7) is 3.30. The van der Waals surface area contributed by atoms with Gasteiger partial charge in [0.2, 0.25) is 11.8 Å². The van der Waals surface area contributed by atoms with Gasteiger partial charge < -0.3 is 9.73 Å². The second kappa shape index (κ2) is 4.23. The minimum absolute atomic E-state index is 0.0185. The number of halogens is 1. The number of hydrogen-bond acceptors (Lipinski definition) is 4. The minimum atomic E-state index is -0.0851. The van der Waals surface area contributed by atoms with E-state index in [1.165, 1.54) is 6.92 Å². The third kappa shape index (κ3) is 3.42. The van der Waals surface area contributed by atoms with Gasteiger partial charge in [-0.2, -0.15) is 0 Å². The molecule has 1 unspecified atom stereocenters. The zero-order valence-corrected chi connectivity index (χ0v) is 8.13. The summed E-state index contributed by atoms with van der Waals surface area (Å²) < 4.78 is 4.93. The lowest BCUT2D eigenvalue weighted by molar-refractivity contribution is -0.119. The van der Waals surface area contributed by atoms with Crippen LogP contribution in [0.2, 0.25) is 5.35 Å². The van der Waals surface area contributed by atoms with Crippen molar-refractivity contribution < 1.29 is 9.21 Å². The van der Waals surface area contributed by atoms with Gasteiger partial charge in [0.05, 0.1) is 0 Å². The molecule has 1 heterocycles. The summed E-state index contributed by atoms with van der Waals surface area (Å²) >= 11 is 5.42. The molecule has 72 valence electrons. The molecule has 1 N–H and O–H groups in total. The van der Waals surface area contributed by atoms with Gasteiger partial charge in [-0.05, 0) is 18.5 Å². The molecule has 0 aliphatic heterocycles. The number of rotatable bonds is 3. The Bertz CT molecular complexity index is 300. The average molecular weight is 204 g/mol. The molecule has 5 nitrogen and oxygen atoms in total. The van der Waals surface area contributed by atoms with Gasteiger partial charge in [-0.3, -0.25) is 4.79 Å². The van der Waals surface area contributed by atoms with Gasteiger partial charge in [0.1, 0.15) is 0 Å². The quantitative estimate of drug-likeness (QED) is 0.789. The summed E-state index contributed by atoms with van der Waals surface area (Å²) in [5, 5.41) is 9.86. The van der Waals surface area contributed by atoms with E-state index in [1.807, 2.05) is 6.92 Å². The Morgan fingerprint density at radius 1 is 1.69 bits per heavy atom. The van der Waals surface area contributed by atoms with Crippen LogP contribution >= 0.6 is 11.6 Å². The van der Waals surface area contributed by atoms with Crippen LogP contribution in [-0.4, -0.2) is 22.1 Å². The summed E-state index contributed by atoms with van der Waals surface area (Å²) in [6.07, 6.45) is 0.485. The van der Waals surface area contributed by atoms with Crippen molar-refractivity contribution in [3.8, 4) is 0 Å². The molecule has 1 atom stereocenters. The Balaban J connectivity index is 2.44. The van der Waals surface area contributed by atoms with Crippen LogP contribution in [0.5, 0.6) is 0 Å². The fourth-order valence-corrected chi connectivity index (χ4v) is 1.10. The van der Waals surface area contributed by atoms with E-state index >= 15 is 0 Å². The molecule has 1 amide bonds. The molecule has 6 heteroatoms. The number of nitrogens with zero attached hydrogens (tertiary/aromatic N) is 2. The van der Waals surface area contributed by atoms with E-state index in [-0.39, 0.29) is 17.3 Å². The highest BCUT2D eigenvalue weighted by Crippen LogP contribution is 2.07. The highest BCUT2D eigenvalue weighted by molar-refractivity contribution is 6.27. The molecule has 0 aromatic carbocycles. The van der Waals surface area contributed by atoms with Crippen LogP contribution in [0.1, 0.15) is 19.7 Å². The lowest BCUT2D eigenvalue weighted by Gasteiger charge is -2.08. The molecular formula is C7H10ClN3O2. The monoisotopic (exact) mass is 203 g/mol. The average Bonchev–Trinajstić information content (AvgIpc) is 2.33. The summed E-state index contributed by atoms with van der Waals surface area (Å²) in [5.41, 5.74) is 0. The van der Waals surface area contributed by atoms with E-state index in [0.29, 0.717) is 12.3 Å². The molecule has 0 aliphatic carbocycles. The SMILES string of the molecule is CC(=O)NC(C)Cc1nnc(Cl)o1. The van der Waals surface area contributed by atoms with Gasteiger partial charge in [0.15, 0.2) is 0 Å². The van der Waals surface area contributed by atoms with Gasteiger partial charge >= 0.3 is 5.35 Å². The van der Waals surface area contributed by atoms with E-state index in [0.717, 1.165) is 0 Å². The highest BCUT2D eigenvalue weighted by atomic mass is 35.5. The Kier molecular flexibility index (Phi) is 3.25. The Morgan fingerprint density at radius 3 is 2.85 bits per heavy atom. The van der Waals surface area contributed by atoms with Crippen molar-refractivity contribution in [1.29, 1.82) is 0 Å². The highest BCUT2D eigenvalue weighted by Gasteiger charge is 2.09. The van der Waals surface area contributed by atoms with Gasteiger partial charge in [-0.1, -0.05) is 5.10 Å². The van der Waals surface area contributed by atoms with Crippen LogP contribution in [0, 0.1) is 0 Å². The molecule has 1 aromatic heterocycles. The zero-order valence-electron chi connectivity index (χ0n) is 7.37. The largest absolute Gasteiger partial charge is 0.412 e. The van der Waals surface area contributed by atoms with Gasteiger partial charge in [-0.25, -0.2) is 0 Å². The smallest absolute Gasteiger partial charge is 0.312 e. The first-order valence-corrected chi connectivity index (χ1v) is 4.20. The van der Waals surface area contributed by atoms with E-state index < -0.39 is 0 Å². The maximum Gasteiger partial charge on any atom is 0.312 e. The molecule has 0 fully saturated rings. The molecule has 0 saturated heterocycles. The lowest BCUT2D eigenvalue weighted by atomic mass is 10.2. The van der Waals surface area contributed by atoms with Crippen molar-refractivity contribution in [2.75, 3.05) is 0 Å². The Hall–Kier alpha value is -1.10. The Morgan fingerprint density at radius 2 is 2.38 bits per heavy atom. The second-order valence-corrected chi connectivity index (χ2v) is 3.08. The van der Waals surface area contributed by atoms with E-state index in [9.17, 15) is 4.79 Å². The van der Waals surface area contributed by atoms with E-state index in [4.69, 9.17) is 16.0 Å². The topological polar surface area (TPSA) is 68.0 Å². The maximum absolute atomic E-state index is 10.6. The lowest BCUT2D eigenvalue weighted by Crippen LogP contribution is -2.32. The summed E-state index contributed by atoms with van der Waals surface area (Å²) in [6, 6.07) is -0.0333. The molecule has 0 radical (unpaired) electrons. The van der Waals surface area contributed by atoms with Crippen molar-refractivity contribution in [3.05, 3.63) is 11.2 Å². The standard InChI is InChI=1S/C7H10ClN3O2/c1-4(9-5(2)12)3-6-10-11-7(8)13-6/h4H,3H2,1-2H3,(H,9,12). The molecule has 1 aromatic rings. The van der Waals surface area contributed by atoms with E-state index in [1.54, 1.807) is 0 Å². The van der Waals surface area contributed by atoms with Crippen LogP contribution in [-0.2, 0) is 11.2 Å². The number of amides is 1. The molecule has 0 bridgehead atoms. The third-order valence-electron chi connectivity index (χ3n) is 1.37. The molecule has 0 saturated carbocycles. The summed E-state index contributed by atoms with van der Waals surface area (Å²) in [4.78, 5) is 10.6. The number of aromatic nitrogens is 2. The van der Waals surface area contributed by atoms with Crippen LogP contribution in [0.3, 0.4) is 0 Å². The van der Waals surface area contributed by atoms with Crippen LogP contribution < -0.4 is 5.32 Å². The van der Waals surface area contributed by atoms with Crippen LogP contribution in [0.25, 0.3) is 0 Å². The van der Waals surface area contributed by atoms with Crippen LogP contribution in [0.15, 0.2) is 4.42 Å². The molecule has 0 spiro atoms.